The van der Waals surface area contributed by atoms with Crippen molar-refractivity contribution in [2.24, 2.45) is 11.7 Å². The van der Waals surface area contributed by atoms with Gasteiger partial charge in [-0.15, -0.1) is 0 Å². The van der Waals surface area contributed by atoms with Crippen LogP contribution < -0.4 is 5.73 Å². The quantitative estimate of drug-likeness (QED) is 0.819. The van der Waals surface area contributed by atoms with Crippen molar-refractivity contribution in [3.8, 4) is 0 Å². The molecule has 1 unspecified atom stereocenters. The fraction of sp³-hybridized carbons (Fsp3) is 0.538. The minimum absolute atomic E-state index is 0.290. The molecule has 0 aromatic heterocycles. The van der Waals surface area contributed by atoms with Crippen LogP contribution in [-0.4, -0.2) is 0 Å². The maximum absolute atomic E-state index is 13.6. The Bertz CT molecular complexity index is 384. The number of benzene rings is 1. The first-order chi connectivity index (χ1) is 7.59. The summed E-state index contributed by atoms with van der Waals surface area (Å²) in [5, 5.41) is 0. The van der Waals surface area contributed by atoms with E-state index in [2.05, 4.69) is 0 Å². The van der Waals surface area contributed by atoms with Crippen molar-refractivity contribution < 1.29 is 8.78 Å². The Morgan fingerprint density at radius 2 is 1.81 bits per heavy atom. The largest absolute Gasteiger partial charge is 0.324 e. The minimum Gasteiger partial charge on any atom is -0.324 e. The van der Waals surface area contributed by atoms with Gasteiger partial charge in [-0.25, -0.2) is 8.78 Å². The lowest BCUT2D eigenvalue weighted by molar-refractivity contribution is 0.426. The molecular weight excluding hydrogens is 208 g/mol. The summed E-state index contributed by atoms with van der Waals surface area (Å²) in [4.78, 5) is 0. The molecule has 1 aliphatic rings. The smallest absolute Gasteiger partial charge is 0.130 e. The molecule has 1 aliphatic carbocycles. The summed E-state index contributed by atoms with van der Waals surface area (Å²) < 4.78 is 26.7. The van der Waals surface area contributed by atoms with Gasteiger partial charge >= 0.3 is 0 Å². The van der Waals surface area contributed by atoms with E-state index < -0.39 is 11.6 Å². The molecule has 1 atom stereocenters. The predicted molar refractivity (Wildman–Crippen MR) is 60.0 cm³/mol. The number of aryl methyl sites for hydroxylation is 1. The number of nitrogens with two attached hydrogens (primary N) is 1. The van der Waals surface area contributed by atoms with Crippen molar-refractivity contribution in [3.05, 3.63) is 34.9 Å². The van der Waals surface area contributed by atoms with Crippen molar-refractivity contribution in [2.75, 3.05) is 0 Å². The second-order valence-corrected chi connectivity index (χ2v) is 4.69. The van der Waals surface area contributed by atoms with E-state index in [9.17, 15) is 8.78 Å². The standard InChI is InChI=1S/C13H17F2N/c1-8-6-10(12(15)7-11(8)14)13(16)9-4-2-3-5-9/h6-7,9,13H,2-5,16H2,1H3. The molecule has 2 N–H and O–H groups in total. The third-order valence-corrected chi connectivity index (χ3v) is 3.54. The van der Waals surface area contributed by atoms with Crippen LogP contribution >= 0.6 is 0 Å². The molecule has 16 heavy (non-hydrogen) atoms. The van der Waals surface area contributed by atoms with Crippen LogP contribution in [0.15, 0.2) is 12.1 Å². The maximum Gasteiger partial charge on any atom is 0.130 e. The zero-order valence-corrected chi connectivity index (χ0v) is 9.47. The van der Waals surface area contributed by atoms with E-state index in [-0.39, 0.29) is 6.04 Å². The number of hydrogen-bond acceptors (Lipinski definition) is 1. The number of rotatable bonds is 2. The van der Waals surface area contributed by atoms with E-state index in [0.29, 0.717) is 17.0 Å². The Hall–Kier alpha value is -0.960. The monoisotopic (exact) mass is 225 g/mol. The number of halogens is 2. The highest BCUT2D eigenvalue weighted by atomic mass is 19.1. The normalized spacial score (nSPS) is 19.0. The zero-order valence-electron chi connectivity index (χ0n) is 9.47. The molecule has 1 saturated carbocycles. The van der Waals surface area contributed by atoms with E-state index in [0.717, 1.165) is 18.9 Å². The molecule has 1 aromatic carbocycles. The highest BCUT2D eigenvalue weighted by Crippen LogP contribution is 2.35. The Balaban J connectivity index is 2.28. The first kappa shape index (κ1) is 11.5. The summed E-state index contributed by atoms with van der Waals surface area (Å²) in [6.45, 7) is 1.64. The Morgan fingerprint density at radius 3 is 2.44 bits per heavy atom. The van der Waals surface area contributed by atoms with Crippen LogP contribution in [0.3, 0.4) is 0 Å². The molecule has 88 valence electrons. The second kappa shape index (κ2) is 4.50. The molecule has 1 nitrogen and oxygen atoms in total. The van der Waals surface area contributed by atoms with Gasteiger partial charge in [0.2, 0.25) is 0 Å². The Morgan fingerprint density at radius 1 is 1.19 bits per heavy atom. The fourth-order valence-corrected chi connectivity index (χ4v) is 2.51. The predicted octanol–water partition coefficient (Wildman–Crippen LogP) is 3.46. The van der Waals surface area contributed by atoms with Crippen LogP contribution in [0.4, 0.5) is 8.78 Å². The lowest BCUT2D eigenvalue weighted by atomic mass is 9.91. The van der Waals surface area contributed by atoms with Crippen LogP contribution in [-0.2, 0) is 0 Å². The Kier molecular flexibility index (Phi) is 3.24. The molecule has 0 bridgehead atoms. The van der Waals surface area contributed by atoms with Crippen LogP contribution in [0.1, 0.15) is 42.9 Å². The van der Waals surface area contributed by atoms with E-state index in [1.54, 1.807) is 13.0 Å². The van der Waals surface area contributed by atoms with Crippen LogP contribution in [0.2, 0.25) is 0 Å². The molecule has 2 rings (SSSR count). The molecule has 1 fully saturated rings. The highest BCUT2D eigenvalue weighted by Gasteiger charge is 2.25. The van der Waals surface area contributed by atoms with Gasteiger partial charge in [-0.05, 0) is 37.3 Å². The van der Waals surface area contributed by atoms with Crippen LogP contribution in [0.25, 0.3) is 0 Å². The minimum atomic E-state index is -0.512. The van der Waals surface area contributed by atoms with Gasteiger partial charge < -0.3 is 5.73 Å². The molecule has 1 aromatic rings. The topological polar surface area (TPSA) is 26.0 Å². The summed E-state index contributed by atoms with van der Waals surface area (Å²) in [5.41, 5.74) is 6.98. The maximum atomic E-state index is 13.6. The number of hydrogen-bond donors (Lipinski definition) is 1. The summed E-state index contributed by atoms with van der Waals surface area (Å²) in [7, 11) is 0. The molecular formula is C13H17F2N. The molecule has 0 amide bonds. The molecule has 0 heterocycles. The fourth-order valence-electron chi connectivity index (χ4n) is 2.51. The lowest BCUT2D eigenvalue weighted by Crippen LogP contribution is -2.20. The van der Waals surface area contributed by atoms with Crippen LogP contribution in [0, 0.1) is 24.5 Å². The molecule has 0 aliphatic heterocycles. The van der Waals surface area contributed by atoms with Gasteiger partial charge in [0.25, 0.3) is 0 Å². The highest BCUT2D eigenvalue weighted by molar-refractivity contribution is 5.28. The third-order valence-electron chi connectivity index (χ3n) is 3.54. The molecule has 0 spiro atoms. The summed E-state index contributed by atoms with van der Waals surface area (Å²) in [5.74, 6) is -0.665. The van der Waals surface area contributed by atoms with Gasteiger partial charge in [0.1, 0.15) is 11.6 Å². The van der Waals surface area contributed by atoms with Crippen molar-refractivity contribution in [3.63, 3.8) is 0 Å². The van der Waals surface area contributed by atoms with Crippen molar-refractivity contribution in [2.45, 2.75) is 38.6 Å². The van der Waals surface area contributed by atoms with Crippen LogP contribution in [0.5, 0.6) is 0 Å². The van der Waals surface area contributed by atoms with E-state index in [1.807, 2.05) is 0 Å². The van der Waals surface area contributed by atoms with E-state index in [4.69, 9.17) is 5.73 Å². The van der Waals surface area contributed by atoms with Gasteiger partial charge in [-0.2, -0.15) is 0 Å². The van der Waals surface area contributed by atoms with Crippen molar-refractivity contribution in [1.82, 2.24) is 0 Å². The summed E-state index contributed by atoms with van der Waals surface area (Å²) in [6, 6.07) is 2.20. The molecule has 0 radical (unpaired) electrons. The van der Waals surface area contributed by atoms with Gasteiger partial charge in [-0.3, -0.25) is 0 Å². The zero-order chi connectivity index (χ0) is 11.7. The van der Waals surface area contributed by atoms with E-state index in [1.165, 1.54) is 12.8 Å². The average molecular weight is 225 g/mol. The van der Waals surface area contributed by atoms with Gasteiger partial charge in [0.05, 0.1) is 0 Å². The van der Waals surface area contributed by atoms with Crippen molar-refractivity contribution >= 4 is 0 Å². The Labute approximate surface area is 94.7 Å². The van der Waals surface area contributed by atoms with Gasteiger partial charge in [-0.1, -0.05) is 12.8 Å². The molecule has 3 heteroatoms. The summed E-state index contributed by atoms with van der Waals surface area (Å²) in [6.07, 6.45) is 4.44. The SMILES string of the molecule is Cc1cc(C(N)C2CCCC2)c(F)cc1F. The summed E-state index contributed by atoms with van der Waals surface area (Å²) >= 11 is 0. The lowest BCUT2D eigenvalue weighted by Gasteiger charge is -2.20. The van der Waals surface area contributed by atoms with E-state index >= 15 is 0 Å². The van der Waals surface area contributed by atoms with Gasteiger partial charge in [0.15, 0.2) is 0 Å². The molecule has 0 saturated heterocycles. The van der Waals surface area contributed by atoms with Crippen molar-refractivity contribution in [1.29, 1.82) is 0 Å². The van der Waals surface area contributed by atoms with Gasteiger partial charge in [0, 0.05) is 17.7 Å². The third kappa shape index (κ3) is 2.09. The average Bonchev–Trinajstić information content (AvgIpc) is 2.75. The first-order valence-corrected chi connectivity index (χ1v) is 5.80. The second-order valence-electron chi connectivity index (χ2n) is 4.69. The first-order valence-electron chi connectivity index (χ1n) is 5.80.